The minimum absolute atomic E-state index is 0.279. The van der Waals surface area contributed by atoms with Crippen LogP contribution in [0.1, 0.15) is 18.5 Å². The molecule has 0 spiro atoms. The normalized spacial score (nSPS) is 29.0. The first kappa shape index (κ1) is 11.8. The Balaban J connectivity index is 1.83. The van der Waals surface area contributed by atoms with E-state index >= 15 is 0 Å². The molecule has 2 aliphatic rings. The summed E-state index contributed by atoms with van der Waals surface area (Å²) >= 11 is 0. The highest BCUT2D eigenvalue weighted by atomic mass is 16.5. The summed E-state index contributed by atoms with van der Waals surface area (Å²) in [5, 5.41) is 9.48. The highest BCUT2D eigenvalue weighted by Gasteiger charge is 2.34. The van der Waals surface area contributed by atoms with Crippen LogP contribution in [-0.2, 0) is 0 Å². The maximum absolute atomic E-state index is 9.48. The molecule has 2 heterocycles. The Hall–Kier alpha value is -1.26. The summed E-state index contributed by atoms with van der Waals surface area (Å²) in [6.45, 7) is 6.26. The summed E-state index contributed by atoms with van der Waals surface area (Å²) in [5.74, 6) is 1.12. The van der Waals surface area contributed by atoms with Crippen molar-refractivity contribution < 1.29 is 9.84 Å². The van der Waals surface area contributed by atoms with E-state index in [9.17, 15) is 5.11 Å². The molecule has 0 bridgehead atoms. The zero-order valence-electron chi connectivity index (χ0n) is 11.0. The van der Waals surface area contributed by atoms with E-state index < -0.39 is 0 Å². The molecule has 1 N–H and O–H groups in total. The van der Waals surface area contributed by atoms with Gasteiger partial charge in [-0.2, -0.15) is 0 Å². The molecule has 0 radical (unpaired) electrons. The molecule has 0 aromatic heterocycles. The van der Waals surface area contributed by atoms with E-state index in [-0.39, 0.29) is 5.75 Å². The van der Waals surface area contributed by atoms with Crippen LogP contribution >= 0.6 is 0 Å². The number of aromatic hydroxyl groups is 1. The summed E-state index contributed by atoms with van der Waals surface area (Å²) < 4.78 is 5.71. The predicted molar refractivity (Wildman–Crippen MR) is 70.0 cm³/mol. The van der Waals surface area contributed by atoms with E-state index in [0.29, 0.717) is 18.7 Å². The van der Waals surface area contributed by atoms with Gasteiger partial charge in [-0.15, -0.1) is 0 Å². The van der Waals surface area contributed by atoms with Gasteiger partial charge in [-0.05, 0) is 26.1 Å². The van der Waals surface area contributed by atoms with Gasteiger partial charge in [0.1, 0.15) is 18.1 Å². The van der Waals surface area contributed by atoms with E-state index in [1.807, 2.05) is 6.07 Å². The van der Waals surface area contributed by atoms with Crippen molar-refractivity contribution in [3.63, 3.8) is 0 Å². The van der Waals surface area contributed by atoms with Crippen molar-refractivity contribution in [1.82, 2.24) is 9.80 Å². The monoisotopic (exact) mass is 248 g/mol. The van der Waals surface area contributed by atoms with Crippen LogP contribution in [0.4, 0.5) is 0 Å². The van der Waals surface area contributed by atoms with Gasteiger partial charge in [-0.25, -0.2) is 0 Å². The Labute approximate surface area is 108 Å². The van der Waals surface area contributed by atoms with Gasteiger partial charge < -0.3 is 14.7 Å². The van der Waals surface area contributed by atoms with Crippen molar-refractivity contribution >= 4 is 0 Å². The van der Waals surface area contributed by atoms with Crippen molar-refractivity contribution in [2.45, 2.75) is 19.0 Å². The molecule has 2 atom stereocenters. The quantitative estimate of drug-likeness (QED) is 0.816. The molecule has 2 aliphatic heterocycles. The van der Waals surface area contributed by atoms with Crippen LogP contribution in [-0.4, -0.2) is 54.2 Å². The summed E-state index contributed by atoms with van der Waals surface area (Å²) in [6, 6.07) is 6.34. The fraction of sp³-hybridized carbons (Fsp3) is 0.571. The number of nitrogens with zero attached hydrogens (tertiary/aromatic N) is 2. The number of hydrogen-bond acceptors (Lipinski definition) is 4. The Morgan fingerprint density at radius 2 is 2.17 bits per heavy atom. The molecule has 1 fully saturated rings. The van der Waals surface area contributed by atoms with Crippen LogP contribution in [0.15, 0.2) is 18.2 Å². The number of fused-ring (bicyclic) bond motifs is 1. The maximum atomic E-state index is 9.48. The lowest BCUT2D eigenvalue weighted by atomic mass is 10.0. The first-order valence-electron chi connectivity index (χ1n) is 6.55. The van der Waals surface area contributed by atoms with Gasteiger partial charge in [0.05, 0.1) is 6.04 Å². The third-order valence-corrected chi connectivity index (χ3v) is 4.04. The second-order valence-corrected chi connectivity index (χ2v) is 5.40. The van der Waals surface area contributed by atoms with Crippen molar-refractivity contribution in [3.8, 4) is 11.5 Å². The number of benzene rings is 1. The smallest absolute Gasteiger partial charge is 0.127 e. The van der Waals surface area contributed by atoms with E-state index in [1.54, 1.807) is 12.1 Å². The molecule has 18 heavy (non-hydrogen) atoms. The van der Waals surface area contributed by atoms with Crippen molar-refractivity contribution in [2.24, 2.45) is 0 Å². The minimum Gasteiger partial charge on any atom is -0.508 e. The molecule has 3 rings (SSSR count). The van der Waals surface area contributed by atoms with E-state index in [1.165, 1.54) is 5.56 Å². The Kier molecular flexibility index (Phi) is 2.92. The van der Waals surface area contributed by atoms with Gasteiger partial charge in [-0.3, -0.25) is 4.90 Å². The van der Waals surface area contributed by atoms with Gasteiger partial charge in [0, 0.05) is 37.3 Å². The average Bonchev–Trinajstić information content (AvgIpc) is 2.72. The van der Waals surface area contributed by atoms with Crippen LogP contribution in [0.25, 0.3) is 0 Å². The molecule has 0 saturated carbocycles. The first-order valence-corrected chi connectivity index (χ1v) is 6.55. The lowest BCUT2D eigenvalue weighted by Gasteiger charge is -2.41. The SMILES string of the molecule is CC1CN(C)CCN1C1COc2cc(O)ccc21. The standard InChI is InChI=1S/C14H20N2O2/c1-10-8-15(2)5-6-16(10)13-9-18-14-7-11(17)3-4-12(13)14/h3-4,7,10,13,17H,5-6,8-9H2,1-2H3. The fourth-order valence-electron chi connectivity index (χ4n) is 3.07. The largest absolute Gasteiger partial charge is 0.508 e. The van der Waals surface area contributed by atoms with E-state index in [0.717, 1.165) is 25.4 Å². The van der Waals surface area contributed by atoms with Crippen LogP contribution < -0.4 is 4.74 Å². The lowest BCUT2D eigenvalue weighted by Crippen LogP contribution is -2.51. The number of ether oxygens (including phenoxy) is 1. The molecule has 98 valence electrons. The zero-order chi connectivity index (χ0) is 12.7. The Morgan fingerprint density at radius 3 is 2.94 bits per heavy atom. The first-order chi connectivity index (χ1) is 8.65. The number of piperazine rings is 1. The third-order valence-electron chi connectivity index (χ3n) is 4.04. The fourth-order valence-corrected chi connectivity index (χ4v) is 3.07. The Morgan fingerprint density at radius 1 is 1.33 bits per heavy atom. The maximum Gasteiger partial charge on any atom is 0.127 e. The van der Waals surface area contributed by atoms with Gasteiger partial charge >= 0.3 is 0 Å². The molecule has 1 saturated heterocycles. The van der Waals surface area contributed by atoms with Crippen molar-refractivity contribution in [2.75, 3.05) is 33.3 Å². The van der Waals surface area contributed by atoms with Crippen LogP contribution in [0.5, 0.6) is 11.5 Å². The van der Waals surface area contributed by atoms with Gasteiger partial charge in [-0.1, -0.05) is 0 Å². The molecule has 4 nitrogen and oxygen atoms in total. The second kappa shape index (κ2) is 4.44. The topological polar surface area (TPSA) is 35.9 Å². The van der Waals surface area contributed by atoms with Crippen LogP contribution in [0.3, 0.4) is 0 Å². The molecule has 0 amide bonds. The lowest BCUT2D eigenvalue weighted by molar-refractivity contribution is 0.0516. The van der Waals surface area contributed by atoms with Gasteiger partial charge in [0.2, 0.25) is 0 Å². The number of phenolic OH excluding ortho intramolecular Hbond substituents is 1. The molecular formula is C14H20N2O2. The molecule has 1 aromatic carbocycles. The number of phenols is 1. The number of likely N-dealkylation sites (N-methyl/N-ethyl adjacent to an activating group) is 1. The van der Waals surface area contributed by atoms with E-state index in [2.05, 4.69) is 23.8 Å². The summed E-state index contributed by atoms with van der Waals surface area (Å²) in [6.07, 6.45) is 0. The third kappa shape index (κ3) is 1.95. The molecule has 1 aromatic rings. The highest BCUT2D eigenvalue weighted by molar-refractivity contribution is 5.44. The van der Waals surface area contributed by atoms with Crippen LogP contribution in [0.2, 0.25) is 0 Å². The molecule has 0 aliphatic carbocycles. The summed E-state index contributed by atoms with van der Waals surface area (Å²) in [5.41, 5.74) is 1.21. The number of hydrogen-bond donors (Lipinski definition) is 1. The highest BCUT2D eigenvalue weighted by Crippen LogP contribution is 2.39. The molecular weight excluding hydrogens is 228 g/mol. The van der Waals surface area contributed by atoms with Crippen molar-refractivity contribution in [1.29, 1.82) is 0 Å². The number of rotatable bonds is 1. The average molecular weight is 248 g/mol. The molecule has 4 heteroatoms. The Bertz CT molecular complexity index is 449. The van der Waals surface area contributed by atoms with Crippen LogP contribution in [0, 0.1) is 0 Å². The van der Waals surface area contributed by atoms with Gasteiger partial charge in [0.25, 0.3) is 0 Å². The van der Waals surface area contributed by atoms with E-state index in [4.69, 9.17) is 4.74 Å². The molecule has 2 unspecified atom stereocenters. The second-order valence-electron chi connectivity index (χ2n) is 5.40. The summed E-state index contributed by atoms with van der Waals surface area (Å²) in [4.78, 5) is 4.89. The zero-order valence-corrected chi connectivity index (χ0v) is 11.0. The van der Waals surface area contributed by atoms with Gasteiger partial charge in [0.15, 0.2) is 0 Å². The summed E-state index contributed by atoms with van der Waals surface area (Å²) in [7, 11) is 2.17. The predicted octanol–water partition coefficient (Wildman–Crippen LogP) is 1.46. The van der Waals surface area contributed by atoms with Crippen molar-refractivity contribution in [3.05, 3.63) is 23.8 Å². The minimum atomic E-state index is 0.279.